The summed E-state index contributed by atoms with van der Waals surface area (Å²) in [6.07, 6.45) is -11.2. The molecule has 5 heteroatoms. The van der Waals surface area contributed by atoms with Crippen LogP contribution in [0.1, 0.15) is 51.5 Å². The summed E-state index contributed by atoms with van der Waals surface area (Å²) in [5.74, 6) is 0. The van der Waals surface area contributed by atoms with Gasteiger partial charge in [0.15, 0.2) is 0 Å². The zero-order chi connectivity index (χ0) is 28.7. The Bertz CT molecular complexity index is 1460. The van der Waals surface area contributed by atoms with Crippen molar-refractivity contribution in [3.05, 3.63) is 75.2 Å². The number of aromatic nitrogens is 2. The first kappa shape index (κ1) is 9.35. The van der Waals surface area contributed by atoms with Crippen molar-refractivity contribution in [1.29, 1.82) is 0 Å². The summed E-state index contributed by atoms with van der Waals surface area (Å²) in [5, 5.41) is 4.88. The molecule has 1 aliphatic heterocycles. The van der Waals surface area contributed by atoms with Crippen LogP contribution >= 0.6 is 11.6 Å². The maximum Gasteiger partial charge on any atom is 0.274 e. The van der Waals surface area contributed by atoms with E-state index in [-0.39, 0.29) is 27.1 Å². The van der Waals surface area contributed by atoms with Crippen molar-refractivity contribution in [3.63, 3.8) is 0 Å². The van der Waals surface area contributed by atoms with Crippen molar-refractivity contribution in [1.82, 2.24) is 14.7 Å². The van der Waals surface area contributed by atoms with Gasteiger partial charge in [0.25, 0.3) is 5.56 Å². The van der Waals surface area contributed by atoms with E-state index in [1.165, 1.54) is 12.1 Å². The molecule has 140 valence electrons. The largest absolute Gasteiger partial charge is 0.306 e. The lowest BCUT2D eigenvalue weighted by atomic mass is 10.0. The van der Waals surface area contributed by atoms with Crippen LogP contribution in [0.3, 0.4) is 0 Å². The van der Waals surface area contributed by atoms with Gasteiger partial charge in [0.2, 0.25) is 0 Å². The predicted molar refractivity (Wildman–Crippen MR) is 111 cm³/mol. The van der Waals surface area contributed by atoms with Crippen LogP contribution in [-0.2, 0) is 6.42 Å². The van der Waals surface area contributed by atoms with E-state index in [0.717, 1.165) is 7.05 Å². The lowest BCUT2D eigenvalue weighted by Gasteiger charge is -2.19. The van der Waals surface area contributed by atoms with E-state index >= 15 is 0 Å². The predicted octanol–water partition coefficient (Wildman–Crippen LogP) is 4.30. The zero-order valence-electron chi connectivity index (χ0n) is 25.5. The Morgan fingerprint density at radius 1 is 1.15 bits per heavy atom. The Labute approximate surface area is 179 Å². The average Bonchev–Trinajstić information content (AvgIpc) is 2.85. The van der Waals surface area contributed by atoms with Gasteiger partial charge in [-0.05, 0) is 62.9 Å². The Hall–Kier alpha value is -2.17. The first-order valence-electron chi connectivity index (χ1n) is 13.8. The van der Waals surface area contributed by atoms with Crippen molar-refractivity contribution >= 4 is 22.4 Å². The Morgan fingerprint density at radius 3 is 2.67 bits per heavy atom. The molecule has 0 aliphatic carbocycles. The van der Waals surface area contributed by atoms with Crippen molar-refractivity contribution in [2.75, 3.05) is 20.0 Å². The maximum atomic E-state index is 13.7. The summed E-state index contributed by atoms with van der Waals surface area (Å²) < 4.78 is 94.3. The van der Waals surface area contributed by atoms with Crippen LogP contribution in [0.15, 0.2) is 53.3 Å². The highest BCUT2D eigenvalue weighted by molar-refractivity contribution is 6.30. The third kappa shape index (κ3) is 3.92. The minimum Gasteiger partial charge on any atom is -0.306 e. The van der Waals surface area contributed by atoms with Crippen LogP contribution in [0.2, 0.25) is 5.02 Å². The molecule has 4 nitrogen and oxygen atoms in total. The molecule has 2 aromatic carbocycles. The standard InChI is InChI=1S/C22H24ClN3O/c1-25-13-4-5-18(12-14-25)26-22(27)20-7-3-2-6-19(20)21(24-26)15-16-8-10-17(23)11-9-16/h2-3,6-11,18H,4-5,12-15H2,1H3/i4D2,5D2,12D2,13D2,14D2,18D. The van der Waals surface area contributed by atoms with Crippen LogP contribution in [0.4, 0.5) is 0 Å². The molecule has 1 unspecified atom stereocenters. The topological polar surface area (TPSA) is 38.1 Å². The van der Waals surface area contributed by atoms with Gasteiger partial charge < -0.3 is 4.90 Å². The summed E-state index contributed by atoms with van der Waals surface area (Å²) in [6.45, 7) is -6.92. The fourth-order valence-corrected chi connectivity index (χ4v) is 2.93. The van der Waals surface area contributed by atoms with Gasteiger partial charge in [-0.2, -0.15) is 5.10 Å². The second-order valence-electron chi connectivity index (χ2n) is 6.02. The van der Waals surface area contributed by atoms with Crippen LogP contribution < -0.4 is 5.56 Å². The minimum absolute atomic E-state index is 0.0283. The molecule has 1 atom stereocenters. The Morgan fingerprint density at radius 2 is 1.89 bits per heavy atom. The fourth-order valence-electron chi connectivity index (χ4n) is 2.81. The van der Waals surface area contributed by atoms with Crippen molar-refractivity contribution in [2.45, 2.75) is 31.6 Å². The summed E-state index contributed by atoms with van der Waals surface area (Å²) in [4.78, 5) is 13.8. The van der Waals surface area contributed by atoms with Gasteiger partial charge in [-0.3, -0.25) is 4.79 Å². The minimum atomic E-state index is -3.83. The summed E-state index contributed by atoms with van der Waals surface area (Å²) in [7, 11) is 0.764. The number of likely N-dealkylation sites (tertiary alicyclic amines) is 1. The number of halogens is 1. The lowest BCUT2D eigenvalue weighted by molar-refractivity contribution is 0.334. The van der Waals surface area contributed by atoms with Crippen molar-refractivity contribution < 1.29 is 15.1 Å². The molecule has 4 rings (SSSR count). The van der Waals surface area contributed by atoms with Crippen LogP contribution in [0, 0.1) is 0 Å². The van der Waals surface area contributed by atoms with E-state index < -0.39 is 43.7 Å². The molecule has 0 N–H and O–H groups in total. The van der Waals surface area contributed by atoms with Gasteiger partial charge in [0.05, 0.1) is 18.5 Å². The monoisotopic (exact) mass is 392 g/mol. The lowest BCUT2D eigenvalue weighted by Crippen LogP contribution is -2.29. The molecular formula is C22H24ClN3O. The molecule has 0 bridgehead atoms. The molecular weight excluding hydrogens is 358 g/mol. The van der Waals surface area contributed by atoms with Gasteiger partial charge in [0, 0.05) is 30.5 Å². The SMILES string of the molecule is [2H]C1([2H])N(C)C([2H])([2H])C([2H])([2H])C([2H])(n2nc(Cc3ccc(Cl)cc3)c3ccccc3c2=O)C([2H])([2H])C1([2H])[2H]. The van der Waals surface area contributed by atoms with Crippen molar-refractivity contribution in [3.8, 4) is 0 Å². The van der Waals surface area contributed by atoms with E-state index in [9.17, 15) is 4.79 Å². The molecule has 2 heterocycles. The number of fused-ring (bicyclic) bond motifs is 1. The normalized spacial score (nSPS) is 36.6. The molecule has 1 fully saturated rings. The molecule has 0 saturated carbocycles. The molecule has 27 heavy (non-hydrogen) atoms. The Kier molecular flexibility index (Phi) is 2.71. The quantitative estimate of drug-likeness (QED) is 0.667. The third-order valence-corrected chi connectivity index (χ3v) is 4.38. The van der Waals surface area contributed by atoms with E-state index in [0.29, 0.717) is 16.0 Å². The van der Waals surface area contributed by atoms with E-state index in [2.05, 4.69) is 5.10 Å². The molecule has 0 spiro atoms. The molecule has 1 aromatic heterocycles. The first-order valence-corrected chi connectivity index (χ1v) is 8.64. The van der Waals surface area contributed by atoms with E-state index in [1.54, 1.807) is 36.4 Å². The number of nitrogens with zero attached hydrogens (tertiary/aromatic N) is 3. The van der Waals surface area contributed by atoms with E-state index in [1.807, 2.05) is 0 Å². The molecule has 0 amide bonds. The van der Waals surface area contributed by atoms with Crippen LogP contribution in [0.5, 0.6) is 0 Å². The first-order chi connectivity index (χ1) is 17.3. The number of rotatable bonds is 3. The summed E-state index contributed by atoms with van der Waals surface area (Å²) >= 11 is 5.97. The summed E-state index contributed by atoms with van der Waals surface area (Å²) in [5.41, 5.74) is -0.382. The van der Waals surface area contributed by atoms with Crippen LogP contribution in [-0.4, -0.2) is 34.7 Å². The molecule has 1 saturated heterocycles. The van der Waals surface area contributed by atoms with E-state index in [4.69, 9.17) is 26.7 Å². The van der Waals surface area contributed by atoms with Gasteiger partial charge in [-0.15, -0.1) is 0 Å². The highest BCUT2D eigenvalue weighted by atomic mass is 35.5. The van der Waals surface area contributed by atoms with Gasteiger partial charge in [0.1, 0.15) is 0 Å². The second kappa shape index (κ2) is 7.83. The number of hydrogen-bond acceptors (Lipinski definition) is 3. The van der Waals surface area contributed by atoms with Gasteiger partial charge in [-0.25, -0.2) is 4.68 Å². The summed E-state index contributed by atoms with van der Waals surface area (Å²) in [6, 6.07) is 8.92. The van der Waals surface area contributed by atoms with Crippen molar-refractivity contribution in [2.24, 2.45) is 0 Å². The number of benzene rings is 2. The third-order valence-electron chi connectivity index (χ3n) is 4.12. The average molecular weight is 393 g/mol. The fraction of sp³-hybridized carbons (Fsp3) is 0.364. The van der Waals surface area contributed by atoms with Crippen LogP contribution in [0.25, 0.3) is 10.8 Å². The zero-order valence-corrected chi connectivity index (χ0v) is 15.2. The second-order valence-corrected chi connectivity index (χ2v) is 6.46. The molecule has 3 aromatic rings. The van der Waals surface area contributed by atoms with Gasteiger partial charge >= 0.3 is 0 Å². The smallest absolute Gasteiger partial charge is 0.274 e. The molecule has 0 radical (unpaired) electrons. The number of hydrogen-bond donors (Lipinski definition) is 0. The maximum absolute atomic E-state index is 13.7. The highest BCUT2D eigenvalue weighted by Gasteiger charge is 2.21. The Balaban J connectivity index is 2.13. The van der Waals surface area contributed by atoms with Gasteiger partial charge in [-0.1, -0.05) is 41.9 Å². The highest BCUT2D eigenvalue weighted by Crippen LogP contribution is 2.23. The molecule has 1 aliphatic rings.